The van der Waals surface area contributed by atoms with E-state index in [1.54, 1.807) is 0 Å². The lowest BCUT2D eigenvalue weighted by Crippen LogP contribution is -3.05. The van der Waals surface area contributed by atoms with Crippen molar-refractivity contribution in [3.8, 4) is 5.75 Å². The zero-order valence-corrected chi connectivity index (χ0v) is 11.6. The van der Waals surface area contributed by atoms with E-state index in [1.807, 2.05) is 30.3 Å². The molecule has 1 N–H and O–H groups in total. The third-order valence-corrected chi connectivity index (χ3v) is 3.30. The molecule has 0 amide bonds. The van der Waals surface area contributed by atoms with Gasteiger partial charge in [0.05, 0.1) is 32.3 Å². The monoisotopic (exact) mass is 264 g/mol. The van der Waals surface area contributed by atoms with Crippen LogP contribution in [0.15, 0.2) is 36.4 Å². The van der Waals surface area contributed by atoms with Crippen LogP contribution in [0, 0.1) is 0 Å². The summed E-state index contributed by atoms with van der Waals surface area (Å²) in [4.78, 5) is 1.43. The number of hydrogen-bond donors (Lipinski definition) is 1. The molecule has 0 saturated heterocycles. The van der Waals surface area contributed by atoms with Gasteiger partial charge in [-0.3, -0.25) is 0 Å². The van der Waals surface area contributed by atoms with Crippen molar-refractivity contribution >= 4 is 22.4 Å². The third-order valence-electron chi connectivity index (χ3n) is 2.91. The van der Waals surface area contributed by atoms with Crippen molar-refractivity contribution < 1.29 is 9.64 Å². The molecule has 18 heavy (non-hydrogen) atoms. The van der Waals surface area contributed by atoms with Crippen LogP contribution < -0.4 is 9.64 Å². The Balaban J connectivity index is 2.07. The van der Waals surface area contributed by atoms with Gasteiger partial charge in [0.25, 0.3) is 0 Å². The second-order valence-corrected chi connectivity index (χ2v) is 5.14. The standard InChI is InChI=1S/C15H18ClNO/c1-17(2)10-5-11-18-14-9-8-12-6-3-4-7-13(12)15(14)16/h3-4,6-9H,5,10-11H2,1-2H3/p+1. The smallest absolute Gasteiger partial charge is 0.138 e. The van der Waals surface area contributed by atoms with Crippen LogP contribution >= 0.6 is 11.6 Å². The molecule has 0 saturated carbocycles. The molecule has 0 unspecified atom stereocenters. The van der Waals surface area contributed by atoms with E-state index in [4.69, 9.17) is 16.3 Å². The highest BCUT2D eigenvalue weighted by Crippen LogP contribution is 2.32. The van der Waals surface area contributed by atoms with Crippen LogP contribution in [-0.2, 0) is 0 Å². The van der Waals surface area contributed by atoms with Gasteiger partial charge in [0.15, 0.2) is 0 Å². The van der Waals surface area contributed by atoms with Gasteiger partial charge in [-0.1, -0.05) is 41.9 Å². The van der Waals surface area contributed by atoms with Gasteiger partial charge in [-0.2, -0.15) is 0 Å². The van der Waals surface area contributed by atoms with Gasteiger partial charge in [0, 0.05) is 11.8 Å². The van der Waals surface area contributed by atoms with E-state index in [-0.39, 0.29) is 0 Å². The lowest BCUT2D eigenvalue weighted by molar-refractivity contribution is -0.858. The minimum atomic E-state index is 0.712. The van der Waals surface area contributed by atoms with E-state index in [9.17, 15) is 0 Å². The van der Waals surface area contributed by atoms with Gasteiger partial charge in [-0.15, -0.1) is 0 Å². The van der Waals surface area contributed by atoms with Crippen molar-refractivity contribution in [2.45, 2.75) is 6.42 Å². The summed E-state index contributed by atoms with van der Waals surface area (Å²) in [5.41, 5.74) is 0. The number of rotatable bonds is 5. The SMILES string of the molecule is C[NH+](C)CCCOc1ccc2ccccc2c1Cl. The first-order valence-corrected chi connectivity index (χ1v) is 6.65. The quantitative estimate of drug-likeness (QED) is 0.819. The summed E-state index contributed by atoms with van der Waals surface area (Å²) in [5, 5.41) is 2.91. The predicted molar refractivity (Wildman–Crippen MR) is 76.7 cm³/mol. The summed E-state index contributed by atoms with van der Waals surface area (Å²) >= 11 is 6.35. The molecule has 2 aromatic carbocycles. The Kier molecular flexibility index (Phi) is 4.45. The molecular formula is C15H19ClNO+. The Labute approximate surface area is 113 Å². The van der Waals surface area contributed by atoms with E-state index in [0.29, 0.717) is 11.6 Å². The minimum Gasteiger partial charge on any atom is -0.492 e. The van der Waals surface area contributed by atoms with E-state index in [2.05, 4.69) is 20.2 Å². The zero-order chi connectivity index (χ0) is 13.0. The molecular weight excluding hydrogens is 246 g/mol. The highest BCUT2D eigenvalue weighted by Gasteiger charge is 2.06. The van der Waals surface area contributed by atoms with Gasteiger partial charge in [-0.25, -0.2) is 0 Å². The molecule has 2 rings (SSSR count). The Hall–Kier alpha value is -1.25. The highest BCUT2D eigenvalue weighted by atomic mass is 35.5. The number of quaternary nitrogens is 1. The van der Waals surface area contributed by atoms with E-state index >= 15 is 0 Å². The lowest BCUT2D eigenvalue weighted by atomic mass is 10.1. The Morgan fingerprint density at radius 3 is 2.67 bits per heavy atom. The summed E-state index contributed by atoms with van der Waals surface area (Å²) in [5.74, 6) is 0.782. The molecule has 0 fully saturated rings. The van der Waals surface area contributed by atoms with Crippen molar-refractivity contribution in [1.82, 2.24) is 0 Å². The number of nitrogens with one attached hydrogen (secondary N) is 1. The first-order valence-electron chi connectivity index (χ1n) is 6.27. The van der Waals surface area contributed by atoms with Crippen LogP contribution in [0.5, 0.6) is 5.75 Å². The summed E-state index contributed by atoms with van der Waals surface area (Å²) in [6.45, 7) is 1.81. The van der Waals surface area contributed by atoms with Crippen molar-refractivity contribution in [3.05, 3.63) is 41.4 Å². The van der Waals surface area contributed by atoms with E-state index < -0.39 is 0 Å². The second-order valence-electron chi connectivity index (χ2n) is 4.76. The van der Waals surface area contributed by atoms with Crippen LogP contribution in [0.1, 0.15) is 6.42 Å². The number of ether oxygens (including phenoxy) is 1. The van der Waals surface area contributed by atoms with Gasteiger partial charge >= 0.3 is 0 Å². The fourth-order valence-electron chi connectivity index (χ4n) is 1.93. The largest absolute Gasteiger partial charge is 0.492 e. The normalized spacial score (nSPS) is 11.1. The molecule has 96 valence electrons. The van der Waals surface area contributed by atoms with Crippen molar-refractivity contribution in [2.24, 2.45) is 0 Å². The number of hydrogen-bond acceptors (Lipinski definition) is 1. The van der Waals surface area contributed by atoms with E-state index in [0.717, 1.165) is 29.5 Å². The van der Waals surface area contributed by atoms with Crippen LogP contribution in [0.4, 0.5) is 0 Å². The van der Waals surface area contributed by atoms with Gasteiger partial charge in [0.2, 0.25) is 0 Å². The lowest BCUT2D eigenvalue weighted by Gasteiger charge is -2.11. The van der Waals surface area contributed by atoms with Crippen molar-refractivity contribution in [3.63, 3.8) is 0 Å². The van der Waals surface area contributed by atoms with Gasteiger partial charge < -0.3 is 9.64 Å². The molecule has 0 aromatic heterocycles. The average Bonchev–Trinajstić information content (AvgIpc) is 2.37. The molecule has 0 radical (unpaired) electrons. The molecule has 2 aromatic rings. The topological polar surface area (TPSA) is 13.7 Å². The van der Waals surface area contributed by atoms with Crippen LogP contribution in [0.25, 0.3) is 10.8 Å². The summed E-state index contributed by atoms with van der Waals surface area (Å²) in [6.07, 6.45) is 1.03. The molecule has 0 atom stereocenters. The summed E-state index contributed by atoms with van der Waals surface area (Å²) in [7, 11) is 4.28. The first-order chi connectivity index (χ1) is 8.68. The van der Waals surface area contributed by atoms with Crippen molar-refractivity contribution in [2.75, 3.05) is 27.2 Å². The third kappa shape index (κ3) is 3.15. The maximum atomic E-state index is 6.35. The first kappa shape index (κ1) is 13.2. The van der Waals surface area contributed by atoms with Crippen LogP contribution in [0.2, 0.25) is 5.02 Å². The van der Waals surface area contributed by atoms with Gasteiger partial charge in [0.1, 0.15) is 5.75 Å². The fourth-order valence-corrected chi connectivity index (χ4v) is 2.22. The van der Waals surface area contributed by atoms with Gasteiger partial charge in [-0.05, 0) is 11.5 Å². The maximum Gasteiger partial charge on any atom is 0.138 e. The Morgan fingerprint density at radius 1 is 1.11 bits per heavy atom. The summed E-state index contributed by atoms with van der Waals surface area (Å²) < 4.78 is 5.75. The number of benzene rings is 2. The molecule has 0 spiro atoms. The molecule has 0 aliphatic carbocycles. The van der Waals surface area contributed by atoms with Crippen molar-refractivity contribution in [1.29, 1.82) is 0 Å². The fraction of sp³-hybridized carbons (Fsp3) is 0.333. The molecule has 0 heterocycles. The highest BCUT2D eigenvalue weighted by molar-refractivity contribution is 6.37. The Morgan fingerprint density at radius 2 is 1.89 bits per heavy atom. The minimum absolute atomic E-state index is 0.712. The average molecular weight is 265 g/mol. The number of halogens is 1. The molecule has 0 aliphatic heterocycles. The predicted octanol–water partition coefficient (Wildman–Crippen LogP) is 2.41. The zero-order valence-electron chi connectivity index (χ0n) is 10.9. The Bertz CT molecular complexity index is 525. The second kappa shape index (κ2) is 6.07. The summed E-state index contributed by atoms with van der Waals surface area (Å²) in [6, 6.07) is 12.1. The maximum absolute atomic E-state index is 6.35. The number of fused-ring (bicyclic) bond motifs is 1. The molecule has 3 heteroatoms. The molecule has 0 aliphatic rings. The van der Waals surface area contributed by atoms with E-state index in [1.165, 1.54) is 4.90 Å². The molecule has 2 nitrogen and oxygen atoms in total. The van der Waals surface area contributed by atoms with Crippen LogP contribution in [0.3, 0.4) is 0 Å². The van der Waals surface area contributed by atoms with Crippen LogP contribution in [-0.4, -0.2) is 27.2 Å². The molecule has 0 bridgehead atoms.